The Bertz CT molecular complexity index is 513. The van der Waals surface area contributed by atoms with Gasteiger partial charge in [-0.25, -0.2) is 8.42 Å². The highest BCUT2D eigenvalue weighted by molar-refractivity contribution is 7.92. The number of rotatable bonds is 3. The number of amides is 1. The summed E-state index contributed by atoms with van der Waals surface area (Å²) in [4.78, 5) is 10.9. The molecule has 0 radical (unpaired) electrons. The normalized spacial score (nSPS) is 11.1. The van der Waals surface area contributed by atoms with Crippen molar-refractivity contribution in [2.45, 2.75) is 4.90 Å². The molecular formula is C9H11ClN2O3S. The summed E-state index contributed by atoms with van der Waals surface area (Å²) in [6, 6.07) is 4.04. The smallest absolute Gasteiger partial charge is 0.235 e. The average molecular weight is 263 g/mol. The number of nitrogens with two attached hydrogens (primary N) is 1. The van der Waals surface area contributed by atoms with Crippen LogP contribution in [-0.4, -0.2) is 27.1 Å². The molecule has 0 unspecified atom stereocenters. The zero-order valence-electron chi connectivity index (χ0n) is 8.53. The molecule has 0 aromatic heterocycles. The van der Waals surface area contributed by atoms with Gasteiger partial charge in [0.05, 0.1) is 9.92 Å². The van der Waals surface area contributed by atoms with Gasteiger partial charge in [0.2, 0.25) is 5.91 Å². The lowest BCUT2D eigenvalue weighted by Gasteiger charge is -2.06. The molecule has 0 aliphatic rings. The van der Waals surface area contributed by atoms with Gasteiger partial charge in [0.25, 0.3) is 0 Å². The van der Waals surface area contributed by atoms with E-state index in [-0.39, 0.29) is 9.92 Å². The Kier molecular flexibility index (Phi) is 3.77. The van der Waals surface area contributed by atoms with Crippen molar-refractivity contribution in [2.24, 2.45) is 0 Å². The van der Waals surface area contributed by atoms with Crippen molar-refractivity contribution < 1.29 is 13.2 Å². The van der Waals surface area contributed by atoms with Crippen molar-refractivity contribution in [2.75, 3.05) is 18.5 Å². The first-order valence-corrected chi connectivity index (χ1v) is 6.38. The van der Waals surface area contributed by atoms with Crippen LogP contribution in [0.3, 0.4) is 0 Å². The molecule has 1 aromatic rings. The summed E-state index contributed by atoms with van der Waals surface area (Å²) in [7, 11) is -2.36. The second-order valence-corrected chi connectivity index (χ2v) is 5.49. The molecule has 7 heteroatoms. The van der Waals surface area contributed by atoms with Gasteiger partial charge in [-0.15, -0.1) is 0 Å². The SMILES string of the molecule is CNC(=O)CS(=O)(=O)c1ccc(N)cc1Cl. The predicted octanol–water partition coefficient (Wildman–Crippen LogP) is 0.442. The van der Waals surface area contributed by atoms with Gasteiger partial charge in [-0.2, -0.15) is 0 Å². The van der Waals surface area contributed by atoms with Crippen LogP contribution in [0.2, 0.25) is 5.02 Å². The molecule has 0 fully saturated rings. The summed E-state index contributed by atoms with van der Waals surface area (Å²) in [6.45, 7) is 0. The van der Waals surface area contributed by atoms with Gasteiger partial charge in [-0.1, -0.05) is 11.6 Å². The number of sulfone groups is 1. The minimum atomic E-state index is -3.72. The van der Waals surface area contributed by atoms with Crippen LogP contribution in [-0.2, 0) is 14.6 Å². The van der Waals surface area contributed by atoms with Crippen LogP contribution < -0.4 is 11.1 Å². The maximum absolute atomic E-state index is 11.7. The number of benzene rings is 1. The van der Waals surface area contributed by atoms with E-state index in [0.29, 0.717) is 5.69 Å². The van der Waals surface area contributed by atoms with Crippen LogP contribution in [0.4, 0.5) is 5.69 Å². The molecule has 16 heavy (non-hydrogen) atoms. The molecular weight excluding hydrogens is 252 g/mol. The number of carbonyl (C=O) groups is 1. The Hall–Kier alpha value is -1.27. The lowest BCUT2D eigenvalue weighted by atomic mass is 10.3. The van der Waals surface area contributed by atoms with E-state index >= 15 is 0 Å². The topological polar surface area (TPSA) is 89.3 Å². The summed E-state index contributed by atoms with van der Waals surface area (Å²) in [5.41, 5.74) is 5.80. The van der Waals surface area contributed by atoms with Crippen molar-refractivity contribution in [1.82, 2.24) is 5.32 Å². The van der Waals surface area contributed by atoms with Crippen molar-refractivity contribution in [1.29, 1.82) is 0 Å². The highest BCUT2D eigenvalue weighted by Gasteiger charge is 2.21. The Morgan fingerprint density at radius 3 is 2.62 bits per heavy atom. The zero-order chi connectivity index (χ0) is 12.3. The number of nitrogens with one attached hydrogen (secondary N) is 1. The summed E-state index contributed by atoms with van der Waals surface area (Å²) in [5.74, 6) is -1.22. The fourth-order valence-electron chi connectivity index (χ4n) is 1.09. The summed E-state index contributed by atoms with van der Waals surface area (Å²) >= 11 is 5.75. The van der Waals surface area contributed by atoms with Gasteiger partial charge in [-0.05, 0) is 18.2 Å². The molecule has 0 aliphatic heterocycles. The first-order valence-electron chi connectivity index (χ1n) is 4.35. The highest BCUT2D eigenvalue weighted by atomic mass is 35.5. The van der Waals surface area contributed by atoms with E-state index < -0.39 is 21.5 Å². The third-order valence-electron chi connectivity index (χ3n) is 1.89. The summed E-state index contributed by atoms with van der Waals surface area (Å²) < 4.78 is 23.5. The molecule has 0 saturated carbocycles. The van der Waals surface area contributed by atoms with E-state index in [9.17, 15) is 13.2 Å². The molecule has 1 rings (SSSR count). The van der Waals surface area contributed by atoms with Crippen molar-refractivity contribution in [3.8, 4) is 0 Å². The van der Waals surface area contributed by atoms with Gasteiger partial charge >= 0.3 is 0 Å². The minimum Gasteiger partial charge on any atom is -0.399 e. The minimum absolute atomic E-state index is 0.0175. The molecule has 0 saturated heterocycles. The van der Waals surface area contributed by atoms with Gasteiger partial charge in [-0.3, -0.25) is 4.79 Å². The van der Waals surface area contributed by atoms with Gasteiger partial charge < -0.3 is 11.1 Å². The van der Waals surface area contributed by atoms with Crippen molar-refractivity contribution in [3.05, 3.63) is 23.2 Å². The monoisotopic (exact) mass is 262 g/mol. The number of nitrogen functional groups attached to an aromatic ring is 1. The predicted molar refractivity (Wildman–Crippen MR) is 62.0 cm³/mol. The second-order valence-electron chi connectivity index (χ2n) is 3.12. The first kappa shape index (κ1) is 12.8. The highest BCUT2D eigenvalue weighted by Crippen LogP contribution is 2.24. The van der Waals surface area contributed by atoms with Crippen molar-refractivity contribution in [3.63, 3.8) is 0 Å². The number of anilines is 1. The summed E-state index contributed by atoms with van der Waals surface area (Å²) in [6.07, 6.45) is 0. The molecule has 0 heterocycles. The maximum Gasteiger partial charge on any atom is 0.235 e. The fourth-order valence-corrected chi connectivity index (χ4v) is 2.91. The molecule has 88 valence electrons. The molecule has 0 aliphatic carbocycles. The van der Waals surface area contributed by atoms with E-state index in [4.69, 9.17) is 17.3 Å². The Balaban J connectivity index is 3.13. The molecule has 0 spiro atoms. The van der Waals surface area contributed by atoms with Crippen LogP contribution in [0, 0.1) is 0 Å². The Morgan fingerprint density at radius 2 is 2.12 bits per heavy atom. The van der Waals surface area contributed by atoms with Gasteiger partial charge in [0.15, 0.2) is 9.84 Å². The van der Waals surface area contributed by atoms with Crippen LogP contribution in [0.25, 0.3) is 0 Å². The molecule has 0 bridgehead atoms. The first-order chi connectivity index (χ1) is 7.36. The van der Waals surface area contributed by atoms with Crippen molar-refractivity contribution >= 4 is 33.0 Å². The lowest BCUT2D eigenvalue weighted by molar-refractivity contribution is -0.118. The van der Waals surface area contributed by atoms with Crippen LogP contribution in [0.5, 0.6) is 0 Å². The van der Waals surface area contributed by atoms with Gasteiger partial charge in [0.1, 0.15) is 5.75 Å². The third kappa shape index (κ3) is 2.86. The molecule has 5 nitrogen and oxygen atoms in total. The molecule has 0 atom stereocenters. The lowest BCUT2D eigenvalue weighted by Crippen LogP contribution is -2.27. The number of hydrogen-bond donors (Lipinski definition) is 2. The van der Waals surface area contributed by atoms with E-state index in [1.54, 1.807) is 0 Å². The van der Waals surface area contributed by atoms with Crippen LogP contribution in [0.1, 0.15) is 0 Å². The molecule has 1 aromatic carbocycles. The standard InChI is InChI=1S/C9H11ClN2O3S/c1-12-9(13)5-16(14,15)8-3-2-6(11)4-7(8)10/h2-4H,5,11H2,1H3,(H,12,13). The van der Waals surface area contributed by atoms with Crippen LogP contribution in [0.15, 0.2) is 23.1 Å². The van der Waals surface area contributed by atoms with E-state index in [1.807, 2.05) is 0 Å². The number of hydrogen-bond acceptors (Lipinski definition) is 4. The number of carbonyl (C=O) groups excluding carboxylic acids is 1. The largest absolute Gasteiger partial charge is 0.399 e. The van der Waals surface area contributed by atoms with Gasteiger partial charge in [0, 0.05) is 12.7 Å². The maximum atomic E-state index is 11.7. The van der Waals surface area contributed by atoms with E-state index in [0.717, 1.165) is 0 Å². The van der Waals surface area contributed by atoms with Crippen LogP contribution >= 0.6 is 11.6 Å². The summed E-state index contributed by atoms with van der Waals surface area (Å²) in [5, 5.41) is 2.25. The van der Waals surface area contributed by atoms with E-state index in [1.165, 1.54) is 25.2 Å². The third-order valence-corrected chi connectivity index (χ3v) is 3.98. The zero-order valence-corrected chi connectivity index (χ0v) is 10.1. The van der Waals surface area contributed by atoms with E-state index in [2.05, 4.69) is 5.32 Å². The quantitative estimate of drug-likeness (QED) is 0.774. The second kappa shape index (κ2) is 4.71. The Morgan fingerprint density at radius 1 is 1.50 bits per heavy atom. The fraction of sp³-hybridized carbons (Fsp3) is 0.222. The molecule has 1 amide bonds. The number of halogens is 1. The molecule has 3 N–H and O–H groups in total. The average Bonchev–Trinajstić information content (AvgIpc) is 2.16. The Labute approximate surface area is 98.5 Å².